The predicted molar refractivity (Wildman–Crippen MR) is 75.9 cm³/mol. The third kappa shape index (κ3) is 3.81. The molecular weight excluding hydrogens is 242 g/mol. The molecule has 2 heterocycles. The van der Waals surface area contributed by atoms with E-state index in [-0.39, 0.29) is 0 Å². The Morgan fingerprint density at radius 2 is 2.42 bits per heavy atom. The highest BCUT2D eigenvalue weighted by Crippen LogP contribution is 2.19. The van der Waals surface area contributed by atoms with E-state index in [1.807, 2.05) is 12.1 Å². The van der Waals surface area contributed by atoms with Gasteiger partial charge in [0.05, 0.1) is 32.6 Å². The Labute approximate surface area is 114 Å². The van der Waals surface area contributed by atoms with Crippen molar-refractivity contribution in [3.8, 4) is 5.75 Å². The predicted octanol–water partition coefficient (Wildman–Crippen LogP) is 1.29. The van der Waals surface area contributed by atoms with E-state index in [9.17, 15) is 0 Å². The van der Waals surface area contributed by atoms with Crippen LogP contribution in [0.25, 0.3) is 0 Å². The highest BCUT2D eigenvalue weighted by atomic mass is 16.5. The van der Waals surface area contributed by atoms with Gasteiger partial charge >= 0.3 is 0 Å². The lowest BCUT2D eigenvalue weighted by Crippen LogP contribution is -2.51. The normalized spacial score (nSPS) is 19.5. The van der Waals surface area contributed by atoms with Gasteiger partial charge in [0.1, 0.15) is 11.6 Å². The van der Waals surface area contributed by atoms with E-state index < -0.39 is 0 Å². The highest BCUT2D eigenvalue weighted by molar-refractivity contribution is 5.42. The molecule has 0 aliphatic carbocycles. The Bertz CT molecular complexity index is 369. The van der Waals surface area contributed by atoms with Gasteiger partial charge in [-0.3, -0.25) is 0 Å². The lowest BCUT2D eigenvalue weighted by molar-refractivity contribution is 0.0934. The van der Waals surface area contributed by atoms with Crippen LogP contribution in [0.2, 0.25) is 0 Å². The van der Waals surface area contributed by atoms with Gasteiger partial charge in [0, 0.05) is 13.1 Å². The van der Waals surface area contributed by atoms with Crippen molar-refractivity contribution in [2.75, 3.05) is 44.9 Å². The standard InChI is InChI=1S/C14H23N3O2/c1-3-6-15-9-12-11-19-8-7-17(12)14-5-4-13(18-2)10-16-14/h4-5,10,12,15H,3,6-9,11H2,1-2H3. The zero-order valence-electron chi connectivity index (χ0n) is 11.8. The molecule has 0 bridgehead atoms. The summed E-state index contributed by atoms with van der Waals surface area (Å²) in [6, 6.07) is 4.31. The van der Waals surface area contributed by atoms with Crippen molar-refractivity contribution in [1.29, 1.82) is 0 Å². The van der Waals surface area contributed by atoms with Gasteiger partial charge in [0.25, 0.3) is 0 Å². The second kappa shape index (κ2) is 7.31. The highest BCUT2D eigenvalue weighted by Gasteiger charge is 2.23. The van der Waals surface area contributed by atoms with Crippen molar-refractivity contribution >= 4 is 5.82 Å². The zero-order valence-corrected chi connectivity index (χ0v) is 11.8. The molecule has 0 radical (unpaired) electrons. The van der Waals surface area contributed by atoms with Gasteiger partial charge < -0.3 is 19.7 Å². The van der Waals surface area contributed by atoms with E-state index in [4.69, 9.17) is 9.47 Å². The number of hydrogen-bond donors (Lipinski definition) is 1. The average Bonchev–Trinajstić information content (AvgIpc) is 2.48. The van der Waals surface area contributed by atoms with E-state index in [0.29, 0.717) is 6.04 Å². The van der Waals surface area contributed by atoms with Gasteiger partial charge in [-0.15, -0.1) is 0 Å². The van der Waals surface area contributed by atoms with Gasteiger partial charge in [-0.05, 0) is 25.1 Å². The Balaban J connectivity index is 2.00. The SMILES string of the molecule is CCCNCC1COCCN1c1ccc(OC)cn1. The van der Waals surface area contributed by atoms with Crippen molar-refractivity contribution in [1.82, 2.24) is 10.3 Å². The molecule has 2 rings (SSSR count). The number of nitrogens with one attached hydrogen (secondary N) is 1. The summed E-state index contributed by atoms with van der Waals surface area (Å²) in [7, 11) is 1.66. The molecule has 1 N–H and O–H groups in total. The van der Waals surface area contributed by atoms with Gasteiger partial charge in [0.15, 0.2) is 0 Å². The maximum absolute atomic E-state index is 5.58. The smallest absolute Gasteiger partial charge is 0.137 e. The number of pyridine rings is 1. The first-order valence-electron chi connectivity index (χ1n) is 6.90. The maximum Gasteiger partial charge on any atom is 0.137 e. The molecule has 1 unspecified atom stereocenters. The number of methoxy groups -OCH3 is 1. The minimum absolute atomic E-state index is 0.348. The summed E-state index contributed by atoms with van der Waals surface area (Å²) < 4.78 is 10.7. The van der Waals surface area contributed by atoms with Gasteiger partial charge in [-0.25, -0.2) is 4.98 Å². The molecule has 0 amide bonds. The fraction of sp³-hybridized carbons (Fsp3) is 0.643. The maximum atomic E-state index is 5.58. The van der Waals surface area contributed by atoms with Crippen LogP contribution in [0.1, 0.15) is 13.3 Å². The average molecular weight is 265 g/mol. The Kier molecular flexibility index (Phi) is 5.42. The van der Waals surface area contributed by atoms with E-state index in [0.717, 1.165) is 50.8 Å². The van der Waals surface area contributed by atoms with Crippen LogP contribution >= 0.6 is 0 Å². The number of hydrogen-bond acceptors (Lipinski definition) is 5. The summed E-state index contributed by atoms with van der Waals surface area (Å²) in [5.41, 5.74) is 0. The molecule has 5 heteroatoms. The Hall–Kier alpha value is -1.33. The quantitative estimate of drug-likeness (QED) is 0.786. The molecule has 1 aliphatic rings. The number of nitrogens with zero attached hydrogens (tertiary/aromatic N) is 2. The molecule has 1 saturated heterocycles. The molecule has 1 aliphatic heterocycles. The molecular formula is C14H23N3O2. The van der Waals surface area contributed by atoms with Crippen LogP contribution in [0.5, 0.6) is 5.75 Å². The van der Waals surface area contributed by atoms with E-state index in [2.05, 4.69) is 22.1 Å². The molecule has 1 aromatic heterocycles. The zero-order chi connectivity index (χ0) is 13.5. The van der Waals surface area contributed by atoms with Crippen LogP contribution in [0, 0.1) is 0 Å². The van der Waals surface area contributed by atoms with Crippen molar-refractivity contribution in [2.24, 2.45) is 0 Å². The van der Waals surface area contributed by atoms with Crippen molar-refractivity contribution in [2.45, 2.75) is 19.4 Å². The molecule has 19 heavy (non-hydrogen) atoms. The van der Waals surface area contributed by atoms with E-state index >= 15 is 0 Å². The van der Waals surface area contributed by atoms with Crippen molar-refractivity contribution < 1.29 is 9.47 Å². The van der Waals surface area contributed by atoms with Gasteiger partial charge in [0.2, 0.25) is 0 Å². The summed E-state index contributed by atoms with van der Waals surface area (Å²) in [5.74, 6) is 1.78. The number of morpholine rings is 1. The van der Waals surface area contributed by atoms with Crippen LogP contribution in [0.4, 0.5) is 5.82 Å². The Morgan fingerprint density at radius 1 is 1.53 bits per heavy atom. The second-order valence-electron chi connectivity index (χ2n) is 4.68. The fourth-order valence-electron chi connectivity index (χ4n) is 2.23. The molecule has 0 saturated carbocycles. The topological polar surface area (TPSA) is 46.6 Å². The molecule has 106 valence electrons. The molecule has 1 atom stereocenters. The van der Waals surface area contributed by atoms with Crippen LogP contribution in [0.3, 0.4) is 0 Å². The number of aromatic nitrogens is 1. The van der Waals surface area contributed by atoms with Crippen molar-refractivity contribution in [3.05, 3.63) is 18.3 Å². The molecule has 0 aromatic carbocycles. The Morgan fingerprint density at radius 3 is 3.11 bits per heavy atom. The number of rotatable bonds is 6. The third-order valence-corrected chi connectivity index (χ3v) is 3.28. The largest absolute Gasteiger partial charge is 0.495 e. The minimum Gasteiger partial charge on any atom is -0.495 e. The monoisotopic (exact) mass is 265 g/mol. The van der Waals surface area contributed by atoms with Crippen LogP contribution < -0.4 is 15.0 Å². The lowest BCUT2D eigenvalue weighted by atomic mass is 10.2. The fourth-order valence-corrected chi connectivity index (χ4v) is 2.23. The van der Waals surface area contributed by atoms with E-state index in [1.165, 1.54) is 0 Å². The van der Waals surface area contributed by atoms with Crippen LogP contribution in [-0.4, -0.2) is 51.0 Å². The van der Waals surface area contributed by atoms with Crippen LogP contribution in [-0.2, 0) is 4.74 Å². The molecule has 1 aromatic rings. The minimum atomic E-state index is 0.348. The summed E-state index contributed by atoms with van der Waals surface area (Å²) in [6.45, 7) is 6.55. The lowest BCUT2D eigenvalue weighted by Gasteiger charge is -2.36. The third-order valence-electron chi connectivity index (χ3n) is 3.28. The number of anilines is 1. The first kappa shape index (κ1) is 14.1. The summed E-state index contributed by atoms with van der Waals surface area (Å²) in [5, 5.41) is 3.45. The van der Waals surface area contributed by atoms with E-state index in [1.54, 1.807) is 13.3 Å². The first-order valence-corrected chi connectivity index (χ1v) is 6.90. The first-order chi connectivity index (χ1) is 9.35. The van der Waals surface area contributed by atoms with Gasteiger partial charge in [-0.1, -0.05) is 6.92 Å². The number of ether oxygens (including phenoxy) is 2. The van der Waals surface area contributed by atoms with Gasteiger partial charge in [-0.2, -0.15) is 0 Å². The molecule has 0 spiro atoms. The van der Waals surface area contributed by atoms with Crippen LogP contribution in [0.15, 0.2) is 18.3 Å². The van der Waals surface area contributed by atoms with Crippen molar-refractivity contribution in [3.63, 3.8) is 0 Å². The summed E-state index contributed by atoms with van der Waals surface area (Å²) >= 11 is 0. The summed E-state index contributed by atoms with van der Waals surface area (Å²) in [6.07, 6.45) is 2.91. The second-order valence-corrected chi connectivity index (χ2v) is 4.68. The molecule has 5 nitrogen and oxygen atoms in total. The summed E-state index contributed by atoms with van der Waals surface area (Å²) in [4.78, 5) is 6.78. The molecule has 1 fully saturated rings.